The van der Waals surface area contributed by atoms with Crippen molar-refractivity contribution in [1.29, 1.82) is 0 Å². The molecule has 1 spiro atoms. The largest absolute Gasteiger partial charge is 0.396 e. The first-order valence-electron chi connectivity index (χ1n) is 6.67. The molecule has 92 valence electrons. The molecule has 2 atom stereocenters. The number of hydrogen-bond donors (Lipinski definition) is 1. The number of ether oxygens (including phenoxy) is 2. The second-order valence-corrected chi connectivity index (χ2v) is 5.77. The normalized spacial score (nSPS) is 42.2. The van der Waals surface area contributed by atoms with Gasteiger partial charge in [-0.25, -0.2) is 0 Å². The maximum atomic E-state index is 9.73. The first kappa shape index (κ1) is 11.0. The molecule has 16 heavy (non-hydrogen) atoms. The zero-order valence-corrected chi connectivity index (χ0v) is 9.91. The molecule has 2 aliphatic carbocycles. The lowest BCUT2D eigenvalue weighted by molar-refractivity contribution is -0.217. The molecule has 1 N–H and O–H groups in total. The number of hydrogen-bond acceptors (Lipinski definition) is 3. The predicted molar refractivity (Wildman–Crippen MR) is 60.0 cm³/mol. The minimum atomic E-state index is -0.277. The van der Waals surface area contributed by atoms with Gasteiger partial charge in [0.15, 0.2) is 5.79 Å². The molecule has 3 aliphatic rings. The minimum absolute atomic E-state index is 0.193. The van der Waals surface area contributed by atoms with Crippen LogP contribution in [0.3, 0.4) is 0 Å². The Morgan fingerprint density at radius 3 is 2.62 bits per heavy atom. The fourth-order valence-electron chi connectivity index (χ4n) is 3.99. The summed E-state index contributed by atoms with van der Waals surface area (Å²) >= 11 is 0. The van der Waals surface area contributed by atoms with Gasteiger partial charge in [0.25, 0.3) is 0 Å². The summed E-state index contributed by atoms with van der Waals surface area (Å²) in [5.74, 6) is 0.332. The molecule has 3 nitrogen and oxygen atoms in total. The van der Waals surface area contributed by atoms with Gasteiger partial charge in [0, 0.05) is 19.4 Å². The zero-order chi connectivity index (χ0) is 11.1. The van der Waals surface area contributed by atoms with E-state index in [1.54, 1.807) is 0 Å². The Hall–Kier alpha value is -0.120. The molecule has 0 bridgehead atoms. The molecule has 1 aliphatic heterocycles. The molecule has 0 aromatic rings. The molecule has 0 aromatic carbocycles. The van der Waals surface area contributed by atoms with Crippen LogP contribution in [0, 0.1) is 11.3 Å². The van der Waals surface area contributed by atoms with Gasteiger partial charge in [0.1, 0.15) is 0 Å². The summed E-state index contributed by atoms with van der Waals surface area (Å²) < 4.78 is 11.6. The highest BCUT2D eigenvalue weighted by molar-refractivity contribution is 4.98. The highest BCUT2D eigenvalue weighted by Gasteiger charge is 2.52. The Kier molecular flexibility index (Phi) is 2.73. The third-order valence-corrected chi connectivity index (χ3v) is 5.03. The maximum Gasteiger partial charge on any atom is 0.168 e. The molecule has 1 saturated heterocycles. The van der Waals surface area contributed by atoms with Crippen molar-refractivity contribution in [1.82, 2.24) is 0 Å². The monoisotopic (exact) mass is 226 g/mol. The molecule has 0 amide bonds. The van der Waals surface area contributed by atoms with E-state index < -0.39 is 0 Å². The molecule has 1 heterocycles. The molecule has 0 unspecified atom stereocenters. The van der Waals surface area contributed by atoms with Gasteiger partial charge >= 0.3 is 0 Å². The van der Waals surface area contributed by atoms with E-state index in [9.17, 15) is 5.11 Å². The third-order valence-electron chi connectivity index (χ3n) is 5.03. The lowest BCUT2D eigenvalue weighted by Gasteiger charge is -2.51. The average molecular weight is 226 g/mol. The zero-order valence-electron chi connectivity index (χ0n) is 9.91. The van der Waals surface area contributed by atoms with E-state index in [0.717, 1.165) is 32.5 Å². The minimum Gasteiger partial charge on any atom is -0.396 e. The molecular weight excluding hydrogens is 204 g/mol. The van der Waals surface area contributed by atoms with E-state index in [0.29, 0.717) is 12.5 Å². The van der Waals surface area contributed by atoms with Crippen LogP contribution in [0.4, 0.5) is 0 Å². The highest BCUT2D eigenvalue weighted by Crippen LogP contribution is 2.54. The number of aliphatic hydroxyl groups excluding tert-OH is 1. The summed E-state index contributed by atoms with van der Waals surface area (Å²) in [5.41, 5.74) is 0.193. The maximum absolute atomic E-state index is 9.73. The summed E-state index contributed by atoms with van der Waals surface area (Å²) in [6.45, 7) is 1.85. The van der Waals surface area contributed by atoms with E-state index in [4.69, 9.17) is 9.47 Å². The van der Waals surface area contributed by atoms with Gasteiger partial charge < -0.3 is 14.6 Å². The fraction of sp³-hybridized carbons (Fsp3) is 1.00. The van der Waals surface area contributed by atoms with E-state index in [2.05, 4.69) is 0 Å². The summed E-state index contributed by atoms with van der Waals surface area (Å²) in [6, 6.07) is 0. The van der Waals surface area contributed by atoms with Crippen molar-refractivity contribution in [3.05, 3.63) is 0 Å². The Morgan fingerprint density at radius 1 is 1.06 bits per heavy atom. The van der Waals surface area contributed by atoms with Gasteiger partial charge in [-0.05, 0) is 30.6 Å². The van der Waals surface area contributed by atoms with Crippen LogP contribution < -0.4 is 0 Å². The van der Waals surface area contributed by atoms with Crippen molar-refractivity contribution in [2.24, 2.45) is 11.3 Å². The van der Waals surface area contributed by atoms with Crippen LogP contribution in [0.5, 0.6) is 0 Å². The summed E-state index contributed by atoms with van der Waals surface area (Å²) in [4.78, 5) is 0. The molecule has 0 radical (unpaired) electrons. The third kappa shape index (κ3) is 1.60. The Balaban J connectivity index is 1.78. The summed E-state index contributed by atoms with van der Waals surface area (Å²) in [6.07, 6.45) is 8.10. The summed E-state index contributed by atoms with van der Waals surface area (Å²) in [7, 11) is 0. The molecule has 3 heteroatoms. The smallest absolute Gasteiger partial charge is 0.168 e. The van der Waals surface area contributed by atoms with Gasteiger partial charge in [0.2, 0.25) is 0 Å². The highest BCUT2D eigenvalue weighted by atomic mass is 16.7. The van der Waals surface area contributed by atoms with Crippen molar-refractivity contribution in [2.75, 3.05) is 19.8 Å². The summed E-state index contributed by atoms with van der Waals surface area (Å²) in [5, 5.41) is 9.73. The van der Waals surface area contributed by atoms with Gasteiger partial charge in [0.05, 0.1) is 13.2 Å². The number of aliphatic hydroxyl groups is 1. The topological polar surface area (TPSA) is 38.7 Å². The number of fused-ring (bicyclic) bond motifs is 1. The standard InChI is InChI=1S/C13H22O3/c14-10-12-4-2-1-3-11(12)9-13(6-5-12)15-7-8-16-13/h11,14H,1-10H2/t11-,12+/m0/s1. The van der Waals surface area contributed by atoms with Crippen molar-refractivity contribution in [3.63, 3.8) is 0 Å². The molecule has 3 rings (SSSR count). The van der Waals surface area contributed by atoms with E-state index in [-0.39, 0.29) is 11.2 Å². The Morgan fingerprint density at radius 2 is 1.88 bits per heavy atom. The van der Waals surface area contributed by atoms with Crippen LogP contribution in [0.1, 0.15) is 44.9 Å². The van der Waals surface area contributed by atoms with Crippen molar-refractivity contribution < 1.29 is 14.6 Å². The molecule has 2 saturated carbocycles. The average Bonchev–Trinajstić information content (AvgIpc) is 2.78. The van der Waals surface area contributed by atoms with Crippen molar-refractivity contribution in [2.45, 2.75) is 50.7 Å². The molecular formula is C13H22O3. The SMILES string of the molecule is OC[C@]12CCCC[C@H]1CC1(CC2)OCCO1. The van der Waals surface area contributed by atoms with E-state index in [1.807, 2.05) is 0 Å². The van der Waals surface area contributed by atoms with Crippen LogP contribution in [0.25, 0.3) is 0 Å². The van der Waals surface area contributed by atoms with E-state index >= 15 is 0 Å². The number of rotatable bonds is 1. The Bertz CT molecular complexity index is 260. The first-order chi connectivity index (χ1) is 7.79. The second-order valence-electron chi connectivity index (χ2n) is 5.77. The van der Waals surface area contributed by atoms with Crippen LogP contribution >= 0.6 is 0 Å². The van der Waals surface area contributed by atoms with Gasteiger partial charge in [-0.1, -0.05) is 12.8 Å². The quantitative estimate of drug-likeness (QED) is 0.744. The van der Waals surface area contributed by atoms with Gasteiger partial charge in [-0.2, -0.15) is 0 Å². The lowest BCUT2D eigenvalue weighted by Crippen LogP contribution is -2.49. The Labute approximate surface area is 97.1 Å². The second kappa shape index (κ2) is 3.97. The molecule has 0 aromatic heterocycles. The van der Waals surface area contributed by atoms with Crippen LogP contribution in [-0.2, 0) is 9.47 Å². The van der Waals surface area contributed by atoms with Crippen LogP contribution in [0.2, 0.25) is 0 Å². The van der Waals surface area contributed by atoms with Crippen molar-refractivity contribution >= 4 is 0 Å². The molecule has 3 fully saturated rings. The lowest BCUT2D eigenvalue weighted by atomic mass is 9.58. The predicted octanol–water partition coefficient (Wildman–Crippen LogP) is 2.08. The van der Waals surface area contributed by atoms with Crippen LogP contribution in [0.15, 0.2) is 0 Å². The van der Waals surface area contributed by atoms with E-state index in [1.165, 1.54) is 25.7 Å². The van der Waals surface area contributed by atoms with Crippen LogP contribution in [-0.4, -0.2) is 30.7 Å². The van der Waals surface area contributed by atoms with Crippen molar-refractivity contribution in [3.8, 4) is 0 Å². The fourth-order valence-corrected chi connectivity index (χ4v) is 3.99. The van der Waals surface area contributed by atoms with Gasteiger partial charge in [-0.15, -0.1) is 0 Å². The van der Waals surface area contributed by atoms with Gasteiger partial charge in [-0.3, -0.25) is 0 Å². The first-order valence-corrected chi connectivity index (χ1v) is 6.67.